The highest BCUT2D eigenvalue weighted by molar-refractivity contribution is 9.10. The van der Waals surface area contributed by atoms with Gasteiger partial charge in [-0.2, -0.15) is 5.10 Å². The number of rotatable bonds is 7. The van der Waals surface area contributed by atoms with Crippen LogP contribution in [-0.2, 0) is 4.79 Å². The Bertz CT molecular complexity index is 1130. The van der Waals surface area contributed by atoms with Gasteiger partial charge in [-0.3, -0.25) is 4.79 Å². The first-order valence-corrected chi connectivity index (χ1v) is 10.1. The van der Waals surface area contributed by atoms with Crippen LogP contribution >= 0.6 is 15.9 Å². The Kier molecular flexibility index (Phi) is 7.73. The topological polar surface area (TPSA) is 77.0 Å². The number of nitrogens with one attached hydrogen (secondary N) is 1. The molecule has 0 unspecified atom stereocenters. The molecule has 0 aliphatic rings. The number of benzene rings is 3. The normalized spacial score (nSPS) is 10.9. The molecule has 0 saturated carbocycles. The van der Waals surface area contributed by atoms with E-state index in [2.05, 4.69) is 26.5 Å². The third-order valence-corrected chi connectivity index (χ3v) is 4.57. The van der Waals surface area contributed by atoms with Gasteiger partial charge in [0.1, 0.15) is 0 Å². The lowest BCUT2D eigenvalue weighted by atomic mass is 10.2. The molecule has 7 heteroatoms. The number of nitrogens with zero attached hydrogens (tertiary/aromatic N) is 1. The minimum atomic E-state index is -0.523. The molecule has 0 atom stereocenters. The second-order valence-corrected chi connectivity index (χ2v) is 7.20. The van der Waals surface area contributed by atoms with Gasteiger partial charge in [0.25, 0.3) is 5.91 Å². The van der Waals surface area contributed by atoms with E-state index in [1.54, 1.807) is 42.5 Å². The lowest BCUT2D eigenvalue weighted by molar-refractivity contribution is -0.129. The van der Waals surface area contributed by atoms with Gasteiger partial charge in [0.2, 0.25) is 0 Å². The van der Waals surface area contributed by atoms with Gasteiger partial charge < -0.3 is 9.47 Å². The summed E-state index contributed by atoms with van der Waals surface area (Å²) in [6.45, 7) is 0. The molecular weight excluding hydrogens is 460 g/mol. The van der Waals surface area contributed by atoms with E-state index in [1.807, 2.05) is 36.4 Å². The molecule has 1 amide bonds. The Morgan fingerprint density at radius 2 is 1.74 bits per heavy atom. The predicted molar refractivity (Wildman–Crippen MR) is 123 cm³/mol. The van der Waals surface area contributed by atoms with Gasteiger partial charge in [0.15, 0.2) is 11.5 Å². The zero-order chi connectivity index (χ0) is 22.1. The van der Waals surface area contributed by atoms with E-state index >= 15 is 0 Å². The number of hydrogen-bond donors (Lipinski definition) is 1. The van der Waals surface area contributed by atoms with Crippen LogP contribution in [0, 0.1) is 0 Å². The van der Waals surface area contributed by atoms with Crippen molar-refractivity contribution in [1.29, 1.82) is 0 Å². The molecule has 0 aliphatic carbocycles. The van der Waals surface area contributed by atoms with Gasteiger partial charge in [0, 0.05) is 16.1 Å². The van der Waals surface area contributed by atoms with E-state index in [4.69, 9.17) is 9.47 Å². The molecular formula is C24H19BrN2O4. The molecule has 0 heterocycles. The lowest BCUT2D eigenvalue weighted by Crippen LogP contribution is -2.17. The van der Waals surface area contributed by atoms with E-state index in [-0.39, 0.29) is 11.7 Å². The molecule has 0 saturated heterocycles. The summed E-state index contributed by atoms with van der Waals surface area (Å²) in [4.78, 5) is 24.2. The number of halogens is 1. The van der Waals surface area contributed by atoms with Crippen LogP contribution in [0.3, 0.4) is 0 Å². The van der Waals surface area contributed by atoms with Gasteiger partial charge in [-0.1, -0.05) is 52.3 Å². The summed E-state index contributed by atoms with van der Waals surface area (Å²) in [7, 11) is 1.47. The third-order valence-electron chi connectivity index (χ3n) is 4.08. The fraction of sp³-hybridized carbons (Fsp3) is 0.0417. The second kappa shape index (κ2) is 10.9. The summed E-state index contributed by atoms with van der Waals surface area (Å²) in [5, 5.41) is 3.96. The molecule has 1 N–H and O–H groups in total. The Labute approximate surface area is 188 Å². The van der Waals surface area contributed by atoms with Crippen molar-refractivity contribution in [3.63, 3.8) is 0 Å². The average Bonchev–Trinajstić information content (AvgIpc) is 2.79. The Morgan fingerprint density at radius 3 is 2.48 bits per heavy atom. The number of amides is 1. The van der Waals surface area contributed by atoms with Gasteiger partial charge in [0.05, 0.1) is 13.3 Å². The molecule has 0 spiro atoms. The van der Waals surface area contributed by atoms with Crippen LogP contribution in [0.2, 0.25) is 0 Å². The van der Waals surface area contributed by atoms with Gasteiger partial charge in [-0.05, 0) is 53.6 Å². The number of ether oxygens (including phenoxy) is 2. The first-order valence-electron chi connectivity index (χ1n) is 9.27. The first kappa shape index (κ1) is 22.0. The zero-order valence-electron chi connectivity index (χ0n) is 16.6. The maximum Gasteiger partial charge on any atom is 0.336 e. The molecule has 0 fully saturated rings. The minimum absolute atomic E-state index is 0.278. The van der Waals surface area contributed by atoms with Crippen LogP contribution in [0.25, 0.3) is 6.08 Å². The van der Waals surface area contributed by atoms with E-state index < -0.39 is 5.97 Å². The van der Waals surface area contributed by atoms with Crippen LogP contribution in [-0.4, -0.2) is 25.2 Å². The Hall–Kier alpha value is -3.71. The largest absolute Gasteiger partial charge is 0.493 e. The summed E-state index contributed by atoms with van der Waals surface area (Å²) in [6, 6.07) is 21.4. The van der Waals surface area contributed by atoms with Crippen molar-refractivity contribution in [2.45, 2.75) is 0 Å². The van der Waals surface area contributed by atoms with Gasteiger partial charge in [-0.25, -0.2) is 10.2 Å². The standard InChI is InChI=1S/C24H19BrN2O4/c1-30-22-14-18(16-26-27-24(29)19-8-5-9-20(25)15-19)10-12-21(22)31-23(28)13-11-17-6-3-2-4-7-17/h2-16H,1H3,(H,27,29)/b13-11+,26-16+. The van der Waals surface area contributed by atoms with Crippen molar-refractivity contribution < 1.29 is 19.1 Å². The predicted octanol–water partition coefficient (Wildman–Crippen LogP) is 4.84. The number of esters is 1. The summed E-state index contributed by atoms with van der Waals surface area (Å²) in [6.07, 6.45) is 4.49. The monoisotopic (exact) mass is 478 g/mol. The van der Waals surface area contributed by atoms with Crippen LogP contribution in [0.15, 0.2) is 88.4 Å². The molecule has 6 nitrogen and oxygen atoms in total. The number of hydrazone groups is 1. The maximum atomic E-state index is 12.1. The molecule has 31 heavy (non-hydrogen) atoms. The van der Waals surface area contributed by atoms with Crippen LogP contribution < -0.4 is 14.9 Å². The highest BCUT2D eigenvalue weighted by Crippen LogP contribution is 2.27. The van der Waals surface area contributed by atoms with Crippen molar-refractivity contribution in [2.75, 3.05) is 7.11 Å². The fourth-order valence-electron chi connectivity index (χ4n) is 2.58. The molecule has 156 valence electrons. The SMILES string of the molecule is COc1cc(/C=N/NC(=O)c2cccc(Br)c2)ccc1OC(=O)/C=C/c1ccccc1. The first-order chi connectivity index (χ1) is 15.0. The number of carbonyl (C=O) groups excluding carboxylic acids is 2. The Morgan fingerprint density at radius 1 is 0.935 bits per heavy atom. The number of carbonyl (C=O) groups is 2. The molecule has 0 radical (unpaired) electrons. The highest BCUT2D eigenvalue weighted by atomic mass is 79.9. The second-order valence-electron chi connectivity index (χ2n) is 6.28. The van der Waals surface area contributed by atoms with E-state index in [9.17, 15) is 9.59 Å². The van der Waals surface area contributed by atoms with Crippen molar-refractivity contribution >= 4 is 40.1 Å². The van der Waals surface area contributed by atoms with E-state index in [1.165, 1.54) is 19.4 Å². The minimum Gasteiger partial charge on any atom is -0.493 e. The summed E-state index contributed by atoms with van der Waals surface area (Å²) in [5.41, 5.74) is 4.50. The fourth-order valence-corrected chi connectivity index (χ4v) is 2.98. The van der Waals surface area contributed by atoms with Crippen molar-refractivity contribution in [3.05, 3.63) is 100 Å². The van der Waals surface area contributed by atoms with E-state index in [0.717, 1.165) is 10.0 Å². The zero-order valence-corrected chi connectivity index (χ0v) is 18.2. The maximum absolute atomic E-state index is 12.1. The third kappa shape index (κ3) is 6.65. The van der Waals surface area contributed by atoms with Gasteiger partial charge >= 0.3 is 5.97 Å². The van der Waals surface area contributed by atoms with Crippen LogP contribution in [0.1, 0.15) is 21.5 Å². The average molecular weight is 479 g/mol. The van der Waals surface area contributed by atoms with Crippen LogP contribution in [0.4, 0.5) is 0 Å². The van der Waals surface area contributed by atoms with Crippen molar-refractivity contribution in [3.8, 4) is 11.5 Å². The molecule has 0 aliphatic heterocycles. The Balaban J connectivity index is 1.62. The highest BCUT2D eigenvalue weighted by Gasteiger charge is 2.09. The van der Waals surface area contributed by atoms with Crippen molar-refractivity contribution in [2.24, 2.45) is 5.10 Å². The molecule has 0 bridgehead atoms. The lowest BCUT2D eigenvalue weighted by Gasteiger charge is -2.08. The summed E-state index contributed by atoms with van der Waals surface area (Å²) < 4.78 is 11.5. The van der Waals surface area contributed by atoms with Crippen molar-refractivity contribution in [1.82, 2.24) is 5.43 Å². The number of hydrogen-bond acceptors (Lipinski definition) is 5. The smallest absolute Gasteiger partial charge is 0.336 e. The molecule has 3 aromatic carbocycles. The molecule has 3 rings (SSSR count). The van der Waals surface area contributed by atoms with Crippen LogP contribution in [0.5, 0.6) is 11.5 Å². The quantitative estimate of drug-likeness (QED) is 0.173. The molecule has 0 aromatic heterocycles. The van der Waals surface area contributed by atoms with Gasteiger partial charge in [-0.15, -0.1) is 0 Å². The van der Waals surface area contributed by atoms with E-state index in [0.29, 0.717) is 16.9 Å². The molecule has 3 aromatic rings. The number of methoxy groups -OCH3 is 1. The summed E-state index contributed by atoms with van der Waals surface area (Å²) >= 11 is 3.32. The summed E-state index contributed by atoms with van der Waals surface area (Å²) in [5.74, 6) is -0.214.